The minimum atomic E-state index is -0.896. The highest BCUT2D eigenvalue weighted by atomic mass is 32.2. The van der Waals surface area contributed by atoms with Crippen molar-refractivity contribution in [1.29, 1.82) is 5.41 Å². The number of esters is 1. The Morgan fingerprint density at radius 3 is 2.73 bits per heavy atom. The summed E-state index contributed by atoms with van der Waals surface area (Å²) in [7, 11) is 0. The lowest BCUT2D eigenvalue weighted by molar-refractivity contribution is -0.153. The third-order valence-electron chi connectivity index (χ3n) is 6.40. The number of carbonyl (C=O) groups is 4. The second-order valence-electron chi connectivity index (χ2n) is 10.5. The fourth-order valence-electron chi connectivity index (χ4n) is 3.88. The summed E-state index contributed by atoms with van der Waals surface area (Å²) in [5.41, 5.74) is 0.323. The summed E-state index contributed by atoms with van der Waals surface area (Å²) >= 11 is 2.45. The molecule has 0 saturated heterocycles. The number of ether oxygens (including phenoxy) is 1. The predicted octanol–water partition coefficient (Wildman–Crippen LogP) is 5.01. The number of aromatic nitrogens is 1. The molecule has 2 amide bonds. The van der Waals surface area contributed by atoms with Gasteiger partial charge in [0, 0.05) is 23.8 Å². The van der Waals surface area contributed by atoms with Gasteiger partial charge in [0.05, 0.1) is 13.0 Å². The number of hydrogen-bond acceptors (Lipinski definition) is 10. The summed E-state index contributed by atoms with van der Waals surface area (Å²) in [6.07, 6.45) is 10.5. The highest BCUT2D eigenvalue weighted by Gasteiger charge is 2.30. The Labute approximate surface area is 251 Å². The van der Waals surface area contributed by atoms with Gasteiger partial charge >= 0.3 is 5.97 Å². The molecule has 2 heterocycles. The van der Waals surface area contributed by atoms with Gasteiger partial charge in [0.15, 0.2) is 5.12 Å². The predicted molar refractivity (Wildman–Crippen MR) is 163 cm³/mol. The van der Waals surface area contributed by atoms with Crippen molar-refractivity contribution in [3.05, 3.63) is 30.0 Å². The first-order valence-corrected chi connectivity index (χ1v) is 16.3. The highest BCUT2D eigenvalue weighted by Crippen LogP contribution is 2.18. The summed E-state index contributed by atoms with van der Waals surface area (Å²) in [6.45, 7) is 7.52. The van der Waals surface area contributed by atoms with Crippen molar-refractivity contribution in [2.24, 2.45) is 11.8 Å². The van der Waals surface area contributed by atoms with E-state index in [1.165, 1.54) is 30.9 Å². The lowest BCUT2D eigenvalue weighted by Gasteiger charge is -2.24. The standard InChI is InChI=1S/C29H44N4O6S2/c1-5-6-7-8-9-13-25(35)40-14-11-10-12-21-15-23(34)31-16-24-32-22(17-38-24)27(30)41-18-20(4)28(36)33-26(19(2)3)29(37)39-21/h10,12,17,19-21,26,30H,5-9,11,13-16,18H2,1-4H3,(H,31,34)(H,33,36)/b12-10+,30-27?/t20-,21-,26+/m1/s1. The molecule has 0 fully saturated rings. The number of unbranched alkanes of at least 4 members (excludes halogenated alkanes) is 4. The molecule has 10 nitrogen and oxygen atoms in total. The highest BCUT2D eigenvalue weighted by molar-refractivity contribution is 8.14. The molecule has 0 radical (unpaired) electrons. The van der Waals surface area contributed by atoms with Crippen LogP contribution in [0.2, 0.25) is 0 Å². The lowest BCUT2D eigenvalue weighted by Crippen LogP contribution is -2.48. The van der Waals surface area contributed by atoms with Crippen molar-refractivity contribution < 1.29 is 28.3 Å². The maximum atomic E-state index is 13.1. The van der Waals surface area contributed by atoms with E-state index < -0.39 is 24.0 Å². The van der Waals surface area contributed by atoms with Gasteiger partial charge in [0.1, 0.15) is 29.1 Å². The van der Waals surface area contributed by atoms with E-state index in [0.717, 1.165) is 31.0 Å². The zero-order valence-corrected chi connectivity index (χ0v) is 26.2. The third-order valence-corrected chi connectivity index (χ3v) is 8.53. The van der Waals surface area contributed by atoms with Gasteiger partial charge in [0.25, 0.3) is 0 Å². The fraction of sp³-hybridized carbons (Fsp3) is 0.655. The molecule has 2 rings (SSSR count). The second-order valence-corrected chi connectivity index (χ2v) is 12.6. The van der Waals surface area contributed by atoms with E-state index in [1.807, 2.05) is 6.08 Å². The van der Waals surface area contributed by atoms with Gasteiger partial charge in [-0.25, -0.2) is 9.78 Å². The lowest BCUT2D eigenvalue weighted by atomic mass is 10.0. The summed E-state index contributed by atoms with van der Waals surface area (Å²) in [6, 6.07) is -0.896. The van der Waals surface area contributed by atoms with Crippen LogP contribution in [0.25, 0.3) is 0 Å². The summed E-state index contributed by atoms with van der Waals surface area (Å²) < 4.78 is 11.1. The second kappa shape index (κ2) is 18.8. The van der Waals surface area contributed by atoms with Crippen molar-refractivity contribution in [3.63, 3.8) is 0 Å². The third kappa shape index (κ3) is 13.3. The number of allylic oxidation sites excluding steroid dienone is 1. The van der Waals surface area contributed by atoms with Gasteiger partial charge in [-0.15, -0.1) is 11.8 Å². The zero-order valence-electron chi connectivity index (χ0n) is 24.5. The van der Waals surface area contributed by atoms with Gasteiger partial charge in [0.2, 0.25) is 17.7 Å². The van der Waals surface area contributed by atoms with Crippen LogP contribution in [0.15, 0.2) is 22.8 Å². The van der Waals surface area contributed by atoms with Gasteiger partial charge < -0.3 is 19.8 Å². The van der Waals surface area contributed by atoms with Crippen molar-refractivity contribution in [2.45, 2.75) is 97.8 Å². The Kier molecular flexibility index (Phi) is 15.8. The molecular formula is C29H44N4O6S2. The summed E-state index contributed by atoms with van der Waals surface area (Å²) in [5, 5.41) is 14.0. The van der Waals surface area contributed by atoms with Gasteiger partial charge in [-0.2, -0.15) is 0 Å². The number of rotatable bonds is 11. The van der Waals surface area contributed by atoms with Crippen molar-refractivity contribution in [1.82, 2.24) is 15.6 Å². The van der Waals surface area contributed by atoms with E-state index in [9.17, 15) is 19.2 Å². The molecule has 0 aromatic carbocycles. The maximum Gasteiger partial charge on any atom is 0.329 e. The topological polar surface area (TPSA) is 151 Å². The largest absolute Gasteiger partial charge is 0.456 e. The van der Waals surface area contributed by atoms with Gasteiger partial charge in [-0.1, -0.05) is 71.2 Å². The Bertz CT molecular complexity index is 1060. The molecule has 3 atom stereocenters. The first-order valence-electron chi connectivity index (χ1n) is 14.4. The van der Waals surface area contributed by atoms with Crippen LogP contribution in [0.4, 0.5) is 0 Å². The number of amides is 2. The van der Waals surface area contributed by atoms with E-state index in [4.69, 9.17) is 14.6 Å². The van der Waals surface area contributed by atoms with Crippen LogP contribution in [-0.2, 0) is 30.5 Å². The molecule has 41 heavy (non-hydrogen) atoms. The van der Waals surface area contributed by atoms with Crippen LogP contribution in [0.3, 0.4) is 0 Å². The minimum absolute atomic E-state index is 0.0173. The van der Waals surface area contributed by atoms with Crippen LogP contribution in [0.1, 0.15) is 90.6 Å². The molecule has 1 aliphatic heterocycles. The van der Waals surface area contributed by atoms with Gasteiger partial charge in [-0.05, 0) is 24.8 Å². The van der Waals surface area contributed by atoms with Crippen LogP contribution >= 0.6 is 23.5 Å². The Morgan fingerprint density at radius 1 is 1.24 bits per heavy atom. The van der Waals surface area contributed by atoms with Crippen LogP contribution in [0.5, 0.6) is 0 Å². The van der Waals surface area contributed by atoms with E-state index in [1.54, 1.807) is 26.8 Å². The van der Waals surface area contributed by atoms with E-state index >= 15 is 0 Å². The molecule has 0 unspecified atom stereocenters. The quantitative estimate of drug-likeness (QED) is 0.179. The SMILES string of the molecule is CCCCCCCC(=O)SCC/C=C/[C@@H]1CC(=O)NCc2nc(co2)C(=N)SC[C@@H](C)C(=O)N[C@@H](C(C)C)C(=O)O1. The molecule has 0 saturated carbocycles. The van der Waals surface area contributed by atoms with E-state index in [2.05, 4.69) is 22.5 Å². The zero-order chi connectivity index (χ0) is 30.2. The molecular weight excluding hydrogens is 564 g/mol. The molecule has 1 aromatic heterocycles. The molecule has 12 heteroatoms. The number of hydrogen-bond donors (Lipinski definition) is 3. The van der Waals surface area contributed by atoms with Crippen LogP contribution in [-0.4, -0.2) is 56.6 Å². The average molecular weight is 609 g/mol. The average Bonchev–Trinajstić information content (AvgIpc) is 3.41. The van der Waals surface area contributed by atoms with E-state index in [0.29, 0.717) is 30.0 Å². The van der Waals surface area contributed by atoms with Crippen LogP contribution in [0, 0.1) is 17.2 Å². The Morgan fingerprint density at radius 2 is 2.00 bits per heavy atom. The molecule has 1 aromatic rings. The minimum Gasteiger partial charge on any atom is -0.456 e. The van der Waals surface area contributed by atoms with Crippen molar-refractivity contribution >= 4 is 51.5 Å². The summed E-state index contributed by atoms with van der Waals surface area (Å²) in [4.78, 5) is 55.1. The molecule has 3 N–H and O–H groups in total. The normalized spacial score (nSPS) is 21.4. The fourth-order valence-corrected chi connectivity index (χ4v) is 5.46. The number of thioether (sulfide) groups is 2. The Balaban J connectivity index is 2.05. The number of fused-ring (bicyclic) bond motifs is 2. The Hall–Kier alpha value is -2.60. The van der Waals surface area contributed by atoms with Gasteiger partial charge in [-0.3, -0.25) is 19.8 Å². The number of cyclic esters (lactones) is 1. The molecule has 228 valence electrons. The van der Waals surface area contributed by atoms with E-state index in [-0.39, 0.29) is 46.7 Å². The molecule has 2 bridgehead atoms. The maximum absolute atomic E-state index is 13.1. The number of carbonyl (C=O) groups excluding carboxylic acids is 4. The number of oxazole rings is 1. The monoisotopic (exact) mass is 608 g/mol. The number of nitrogens with zero attached hydrogens (tertiary/aromatic N) is 1. The molecule has 1 aliphatic rings. The smallest absolute Gasteiger partial charge is 0.329 e. The van der Waals surface area contributed by atoms with Crippen molar-refractivity contribution in [2.75, 3.05) is 11.5 Å². The summed E-state index contributed by atoms with van der Waals surface area (Å²) in [5.74, 6) is -0.917. The first-order chi connectivity index (χ1) is 19.6. The first kappa shape index (κ1) is 34.6. The molecule has 0 spiro atoms. The molecule has 0 aliphatic carbocycles. The number of nitrogens with one attached hydrogen (secondary N) is 3. The van der Waals surface area contributed by atoms with Crippen LogP contribution < -0.4 is 10.6 Å². The van der Waals surface area contributed by atoms with Crippen molar-refractivity contribution in [3.8, 4) is 0 Å².